The number of halogens is 1. The van der Waals surface area contributed by atoms with Crippen LogP contribution in [0.1, 0.15) is 21.6 Å². The molecule has 1 amide bonds. The second-order valence-electron chi connectivity index (χ2n) is 6.72. The molecule has 6 heteroatoms. The first-order valence-corrected chi connectivity index (χ1v) is 9.18. The van der Waals surface area contributed by atoms with Crippen LogP contribution in [0.5, 0.6) is 0 Å². The summed E-state index contributed by atoms with van der Waals surface area (Å²) in [5.41, 5.74) is 9.93. The first kappa shape index (κ1) is 18.1. The number of amides is 1. The number of carbonyl (C=O) groups is 1. The monoisotopic (exact) mass is 391 g/mol. The third-order valence-corrected chi connectivity index (χ3v) is 4.97. The number of hydrogen-bond acceptors (Lipinski definition) is 2. The number of rotatable bonds is 4. The average Bonchev–Trinajstić information content (AvgIpc) is 3.01. The molecule has 5 nitrogen and oxygen atoms in total. The van der Waals surface area contributed by atoms with Crippen molar-refractivity contribution in [1.82, 2.24) is 9.13 Å². The van der Waals surface area contributed by atoms with E-state index in [0.717, 1.165) is 22.3 Å². The highest BCUT2D eigenvalue weighted by Crippen LogP contribution is 2.23. The van der Waals surface area contributed by atoms with Gasteiger partial charge in [0.05, 0.1) is 11.0 Å². The summed E-state index contributed by atoms with van der Waals surface area (Å²) in [6.45, 7) is 2.40. The van der Waals surface area contributed by atoms with E-state index in [2.05, 4.69) is 0 Å². The van der Waals surface area contributed by atoms with E-state index >= 15 is 0 Å². The van der Waals surface area contributed by atoms with Crippen molar-refractivity contribution in [1.29, 1.82) is 0 Å². The molecule has 0 saturated heterocycles. The van der Waals surface area contributed by atoms with E-state index in [-0.39, 0.29) is 5.56 Å². The van der Waals surface area contributed by atoms with E-state index in [0.29, 0.717) is 22.8 Å². The van der Waals surface area contributed by atoms with Crippen molar-refractivity contribution in [3.8, 4) is 5.69 Å². The Kier molecular flexibility index (Phi) is 4.53. The number of nitrogens with zero attached hydrogens (tertiary/aromatic N) is 2. The zero-order valence-corrected chi connectivity index (χ0v) is 16.0. The van der Waals surface area contributed by atoms with Crippen LogP contribution in [0.3, 0.4) is 0 Å². The van der Waals surface area contributed by atoms with E-state index in [1.165, 1.54) is 6.07 Å². The molecule has 0 saturated carbocycles. The molecule has 0 fully saturated rings. The number of aryl methyl sites for hydroxylation is 1. The van der Waals surface area contributed by atoms with Gasteiger partial charge in [0.1, 0.15) is 5.69 Å². The van der Waals surface area contributed by atoms with Gasteiger partial charge in [-0.2, -0.15) is 0 Å². The molecule has 28 heavy (non-hydrogen) atoms. The quantitative estimate of drug-likeness (QED) is 0.573. The van der Waals surface area contributed by atoms with E-state index in [1.54, 1.807) is 22.8 Å². The van der Waals surface area contributed by atoms with E-state index in [4.69, 9.17) is 17.3 Å². The Labute approximate surface area is 166 Å². The number of pyridine rings is 1. The molecule has 0 aliphatic carbocycles. The predicted molar refractivity (Wildman–Crippen MR) is 111 cm³/mol. The maximum atomic E-state index is 12.6. The van der Waals surface area contributed by atoms with Crippen LogP contribution >= 0.6 is 11.6 Å². The maximum Gasteiger partial charge on any atom is 0.265 e. The number of hydrogen-bond donors (Lipinski definition) is 1. The van der Waals surface area contributed by atoms with Gasteiger partial charge < -0.3 is 10.3 Å². The Balaban J connectivity index is 1.96. The topological polar surface area (TPSA) is 70.0 Å². The number of primary amides is 1. The van der Waals surface area contributed by atoms with Crippen LogP contribution in [0, 0.1) is 6.92 Å². The Morgan fingerprint density at radius 2 is 1.75 bits per heavy atom. The van der Waals surface area contributed by atoms with E-state index in [9.17, 15) is 9.59 Å². The van der Waals surface area contributed by atoms with Crippen molar-refractivity contribution < 1.29 is 4.79 Å². The minimum atomic E-state index is -0.555. The summed E-state index contributed by atoms with van der Waals surface area (Å²) >= 11 is 6.10. The smallest absolute Gasteiger partial charge is 0.265 e. The molecule has 2 aromatic carbocycles. The molecule has 2 aromatic heterocycles. The van der Waals surface area contributed by atoms with Gasteiger partial charge in [-0.3, -0.25) is 14.2 Å². The maximum absolute atomic E-state index is 12.6. The molecule has 140 valence electrons. The molecule has 2 N–H and O–H groups in total. The molecule has 0 bridgehead atoms. The molecule has 0 radical (unpaired) electrons. The lowest BCUT2D eigenvalue weighted by Gasteiger charge is -2.11. The van der Waals surface area contributed by atoms with Crippen LogP contribution < -0.4 is 11.3 Å². The average molecular weight is 392 g/mol. The highest BCUT2D eigenvalue weighted by atomic mass is 35.5. The van der Waals surface area contributed by atoms with Crippen LogP contribution in [0.2, 0.25) is 5.02 Å². The fraction of sp³-hybridized carbons (Fsp3) is 0.0909. The third kappa shape index (κ3) is 3.21. The molecule has 0 unspecified atom stereocenters. The Bertz CT molecular complexity index is 1250. The summed E-state index contributed by atoms with van der Waals surface area (Å²) in [6.07, 6.45) is 0. The molecule has 4 aromatic rings. The summed E-state index contributed by atoms with van der Waals surface area (Å²) in [5.74, 6) is -0.555. The highest BCUT2D eigenvalue weighted by Gasteiger charge is 2.17. The van der Waals surface area contributed by atoms with Crippen LogP contribution in [0.25, 0.3) is 16.7 Å². The lowest BCUT2D eigenvalue weighted by Crippen LogP contribution is -2.18. The molecule has 0 aliphatic heterocycles. The van der Waals surface area contributed by atoms with Gasteiger partial charge in [0.25, 0.3) is 11.5 Å². The minimum Gasteiger partial charge on any atom is -0.364 e. The van der Waals surface area contributed by atoms with Gasteiger partial charge in [0.15, 0.2) is 0 Å². The van der Waals surface area contributed by atoms with Gasteiger partial charge in [-0.05, 0) is 48.9 Å². The number of nitrogens with two attached hydrogens (primary N) is 1. The van der Waals surface area contributed by atoms with Crippen LogP contribution in [-0.4, -0.2) is 15.0 Å². The third-order valence-electron chi connectivity index (χ3n) is 4.74. The van der Waals surface area contributed by atoms with Gasteiger partial charge >= 0.3 is 0 Å². The van der Waals surface area contributed by atoms with Crippen molar-refractivity contribution in [2.24, 2.45) is 5.73 Å². The number of fused-ring (bicyclic) bond motifs is 1. The van der Waals surface area contributed by atoms with Gasteiger partial charge in [-0.25, -0.2) is 0 Å². The second kappa shape index (κ2) is 7.02. The van der Waals surface area contributed by atoms with Gasteiger partial charge in [0.2, 0.25) is 0 Å². The molecular formula is C22H18ClN3O2. The number of carbonyl (C=O) groups excluding carboxylic acids is 1. The van der Waals surface area contributed by atoms with Gasteiger partial charge in [-0.15, -0.1) is 0 Å². The van der Waals surface area contributed by atoms with Crippen molar-refractivity contribution in [2.75, 3.05) is 0 Å². The second-order valence-corrected chi connectivity index (χ2v) is 7.16. The predicted octanol–water partition coefficient (Wildman–Crippen LogP) is 3.90. The number of benzene rings is 2. The van der Waals surface area contributed by atoms with Crippen LogP contribution in [-0.2, 0) is 6.54 Å². The molecular weight excluding hydrogens is 374 g/mol. The summed E-state index contributed by atoms with van der Waals surface area (Å²) in [4.78, 5) is 24.7. The van der Waals surface area contributed by atoms with E-state index < -0.39 is 5.91 Å². The van der Waals surface area contributed by atoms with E-state index in [1.807, 2.05) is 54.0 Å². The Morgan fingerprint density at radius 1 is 1.00 bits per heavy atom. The molecule has 4 rings (SSSR count). The standard InChI is InChI=1S/C22H18ClN3O2/c1-14-5-7-17(8-6-14)26-19-12-20(22(24)28)25(18(19)9-10-21(26)27)13-15-3-2-4-16(23)11-15/h2-12H,13H2,1H3,(H2,24,28). The summed E-state index contributed by atoms with van der Waals surface area (Å²) < 4.78 is 3.41. The molecule has 0 atom stereocenters. The zero-order valence-electron chi connectivity index (χ0n) is 15.2. The van der Waals surface area contributed by atoms with Crippen LogP contribution in [0.4, 0.5) is 0 Å². The Morgan fingerprint density at radius 3 is 2.43 bits per heavy atom. The largest absolute Gasteiger partial charge is 0.364 e. The normalized spacial score (nSPS) is 11.1. The lowest BCUT2D eigenvalue weighted by molar-refractivity contribution is 0.0992. The van der Waals surface area contributed by atoms with Crippen molar-refractivity contribution in [3.63, 3.8) is 0 Å². The molecule has 0 spiro atoms. The molecule has 2 heterocycles. The fourth-order valence-electron chi connectivity index (χ4n) is 3.40. The fourth-order valence-corrected chi connectivity index (χ4v) is 3.61. The zero-order chi connectivity index (χ0) is 19.8. The van der Waals surface area contributed by atoms with Crippen LogP contribution in [0.15, 0.2) is 71.5 Å². The van der Waals surface area contributed by atoms with Crippen molar-refractivity contribution >= 4 is 28.5 Å². The lowest BCUT2D eigenvalue weighted by atomic mass is 10.2. The molecule has 0 aliphatic rings. The first-order chi connectivity index (χ1) is 13.4. The van der Waals surface area contributed by atoms with Crippen molar-refractivity contribution in [2.45, 2.75) is 13.5 Å². The SMILES string of the molecule is Cc1ccc(-n2c(=O)ccc3c2cc(C(N)=O)n3Cc2cccc(Cl)c2)cc1. The minimum absolute atomic E-state index is 0.174. The summed E-state index contributed by atoms with van der Waals surface area (Å²) in [7, 11) is 0. The van der Waals surface area contributed by atoms with Crippen molar-refractivity contribution in [3.05, 3.63) is 98.9 Å². The number of aromatic nitrogens is 2. The first-order valence-electron chi connectivity index (χ1n) is 8.80. The highest BCUT2D eigenvalue weighted by molar-refractivity contribution is 6.30. The van der Waals surface area contributed by atoms with Gasteiger partial charge in [-0.1, -0.05) is 41.4 Å². The summed E-state index contributed by atoms with van der Waals surface area (Å²) in [6, 6.07) is 20.0. The summed E-state index contributed by atoms with van der Waals surface area (Å²) in [5, 5.41) is 0.617. The Hall–Kier alpha value is -3.31. The van der Waals surface area contributed by atoms with Gasteiger partial charge in [0, 0.05) is 23.3 Å².